The van der Waals surface area contributed by atoms with Crippen LogP contribution in [0, 0.1) is 16.7 Å². The number of rotatable bonds is 2. The van der Waals surface area contributed by atoms with Crippen LogP contribution in [0.1, 0.15) is 30.1 Å². The Labute approximate surface area is 113 Å². The summed E-state index contributed by atoms with van der Waals surface area (Å²) in [5, 5.41) is 9.08. The van der Waals surface area contributed by atoms with Crippen molar-refractivity contribution in [3.63, 3.8) is 0 Å². The maximum Gasteiger partial charge on any atom is 0.253 e. The summed E-state index contributed by atoms with van der Waals surface area (Å²) in [7, 11) is 1.60. The summed E-state index contributed by atoms with van der Waals surface area (Å²) >= 11 is 0. The van der Waals surface area contributed by atoms with Gasteiger partial charge in [-0.25, -0.2) is 0 Å². The number of hydrogen-bond acceptors (Lipinski definition) is 3. The second-order valence-electron chi connectivity index (χ2n) is 5.19. The van der Waals surface area contributed by atoms with E-state index in [1.54, 1.807) is 31.4 Å². The molecule has 1 amide bonds. The topological polar surface area (TPSA) is 53.3 Å². The van der Waals surface area contributed by atoms with E-state index in [0.717, 1.165) is 18.6 Å². The molecule has 0 unspecified atom stereocenters. The second-order valence-corrected chi connectivity index (χ2v) is 5.19. The van der Waals surface area contributed by atoms with E-state index in [2.05, 4.69) is 6.07 Å². The van der Waals surface area contributed by atoms with E-state index in [-0.39, 0.29) is 11.3 Å². The van der Waals surface area contributed by atoms with Crippen molar-refractivity contribution in [2.75, 3.05) is 20.2 Å². The molecule has 2 rings (SSSR count). The Morgan fingerprint density at radius 1 is 1.32 bits per heavy atom. The number of piperidine rings is 1. The molecule has 1 saturated heterocycles. The van der Waals surface area contributed by atoms with Crippen molar-refractivity contribution in [1.82, 2.24) is 4.90 Å². The molecule has 1 heterocycles. The first kappa shape index (κ1) is 13.4. The maximum absolute atomic E-state index is 12.3. The van der Waals surface area contributed by atoms with Crippen molar-refractivity contribution in [2.24, 2.45) is 5.41 Å². The van der Waals surface area contributed by atoms with E-state index in [1.807, 2.05) is 11.8 Å². The van der Waals surface area contributed by atoms with Crippen LogP contribution in [0.4, 0.5) is 0 Å². The van der Waals surface area contributed by atoms with Gasteiger partial charge in [0, 0.05) is 18.7 Å². The minimum atomic E-state index is -0.281. The lowest BCUT2D eigenvalue weighted by atomic mass is 9.82. The zero-order chi connectivity index (χ0) is 13.9. The Kier molecular flexibility index (Phi) is 3.75. The van der Waals surface area contributed by atoms with Crippen LogP contribution in [0.3, 0.4) is 0 Å². The van der Waals surface area contributed by atoms with Crippen LogP contribution < -0.4 is 4.74 Å². The fourth-order valence-electron chi connectivity index (χ4n) is 2.23. The second kappa shape index (κ2) is 5.31. The largest absolute Gasteiger partial charge is 0.497 e. The van der Waals surface area contributed by atoms with Gasteiger partial charge >= 0.3 is 0 Å². The summed E-state index contributed by atoms with van der Waals surface area (Å²) in [6.07, 6.45) is 1.48. The molecule has 19 heavy (non-hydrogen) atoms. The molecule has 100 valence electrons. The summed E-state index contributed by atoms with van der Waals surface area (Å²) in [5.41, 5.74) is 0.387. The van der Waals surface area contributed by atoms with Crippen LogP contribution in [0.25, 0.3) is 0 Å². The molecule has 0 aromatic heterocycles. The van der Waals surface area contributed by atoms with Crippen LogP contribution >= 0.6 is 0 Å². The molecule has 1 aliphatic rings. The highest BCUT2D eigenvalue weighted by Gasteiger charge is 2.31. The van der Waals surface area contributed by atoms with Crippen molar-refractivity contribution in [2.45, 2.75) is 19.8 Å². The molecule has 4 heteroatoms. The summed E-state index contributed by atoms with van der Waals surface area (Å²) in [6.45, 7) is 3.26. The highest BCUT2D eigenvalue weighted by atomic mass is 16.5. The van der Waals surface area contributed by atoms with Gasteiger partial charge in [-0.15, -0.1) is 0 Å². The minimum absolute atomic E-state index is 0.0302. The Bertz CT molecular complexity index is 494. The Morgan fingerprint density at radius 3 is 2.37 bits per heavy atom. The SMILES string of the molecule is COc1ccc(C(=O)N2CCC(C)(C#N)CC2)cc1. The number of carbonyl (C=O) groups is 1. The molecule has 1 aromatic carbocycles. The first-order valence-corrected chi connectivity index (χ1v) is 6.42. The minimum Gasteiger partial charge on any atom is -0.497 e. The number of amides is 1. The van der Waals surface area contributed by atoms with Gasteiger partial charge in [-0.2, -0.15) is 5.26 Å². The van der Waals surface area contributed by atoms with Gasteiger partial charge in [0.1, 0.15) is 5.75 Å². The van der Waals surface area contributed by atoms with E-state index in [1.165, 1.54) is 0 Å². The van der Waals surface area contributed by atoms with Gasteiger partial charge in [0.25, 0.3) is 5.91 Å². The van der Waals surface area contributed by atoms with Crippen LogP contribution in [-0.4, -0.2) is 31.0 Å². The molecule has 4 nitrogen and oxygen atoms in total. The number of nitriles is 1. The maximum atomic E-state index is 12.3. The van der Waals surface area contributed by atoms with Crippen LogP contribution in [0.5, 0.6) is 5.75 Å². The highest BCUT2D eigenvalue weighted by molar-refractivity contribution is 5.94. The number of ether oxygens (including phenoxy) is 1. The number of hydrogen-bond donors (Lipinski definition) is 0. The normalized spacial score (nSPS) is 17.6. The van der Waals surface area contributed by atoms with Gasteiger partial charge in [-0.1, -0.05) is 0 Å². The van der Waals surface area contributed by atoms with Gasteiger partial charge in [0.15, 0.2) is 0 Å². The zero-order valence-electron chi connectivity index (χ0n) is 11.3. The molecule has 0 radical (unpaired) electrons. The van der Waals surface area contributed by atoms with Gasteiger partial charge in [-0.05, 0) is 44.0 Å². The van der Waals surface area contributed by atoms with Crippen molar-refractivity contribution in [3.05, 3.63) is 29.8 Å². The fourth-order valence-corrected chi connectivity index (χ4v) is 2.23. The number of benzene rings is 1. The zero-order valence-corrected chi connectivity index (χ0v) is 11.3. The van der Waals surface area contributed by atoms with Gasteiger partial charge in [0.05, 0.1) is 18.6 Å². The van der Waals surface area contributed by atoms with Crippen molar-refractivity contribution in [1.29, 1.82) is 5.26 Å². The van der Waals surface area contributed by atoms with E-state index in [0.29, 0.717) is 18.7 Å². The Hall–Kier alpha value is -2.02. The molecule has 0 spiro atoms. The quantitative estimate of drug-likeness (QED) is 0.818. The fraction of sp³-hybridized carbons (Fsp3) is 0.467. The van der Waals surface area contributed by atoms with Gasteiger partial charge in [-0.3, -0.25) is 4.79 Å². The lowest BCUT2D eigenvalue weighted by Crippen LogP contribution is -2.41. The van der Waals surface area contributed by atoms with E-state index < -0.39 is 0 Å². The van der Waals surface area contributed by atoms with Crippen LogP contribution in [0.15, 0.2) is 24.3 Å². The predicted molar refractivity (Wildman–Crippen MR) is 71.9 cm³/mol. The third kappa shape index (κ3) is 2.87. The summed E-state index contributed by atoms with van der Waals surface area (Å²) in [5.74, 6) is 0.773. The highest BCUT2D eigenvalue weighted by Crippen LogP contribution is 2.30. The molecule has 0 N–H and O–H groups in total. The summed E-state index contributed by atoms with van der Waals surface area (Å²) < 4.78 is 5.08. The summed E-state index contributed by atoms with van der Waals surface area (Å²) in [6, 6.07) is 9.47. The third-order valence-corrected chi connectivity index (χ3v) is 3.76. The smallest absolute Gasteiger partial charge is 0.253 e. The number of nitrogens with zero attached hydrogens (tertiary/aromatic N) is 2. The molecule has 1 fully saturated rings. The van der Waals surface area contributed by atoms with Crippen molar-refractivity contribution in [3.8, 4) is 11.8 Å². The average Bonchev–Trinajstić information content (AvgIpc) is 2.47. The lowest BCUT2D eigenvalue weighted by molar-refractivity contribution is 0.0661. The summed E-state index contributed by atoms with van der Waals surface area (Å²) in [4.78, 5) is 14.1. The molecule has 1 aromatic rings. The van der Waals surface area contributed by atoms with Gasteiger partial charge < -0.3 is 9.64 Å². The molecule has 0 saturated carbocycles. The van der Waals surface area contributed by atoms with E-state index in [9.17, 15) is 4.79 Å². The average molecular weight is 258 g/mol. The number of carbonyl (C=O) groups excluding carboxylic acids is 1. The van der Waals surface area contributed by atoms with Crippen molar-refractivity contribution >= 4 is 5.91 Å². The van der Waals surface area contributed by atoms with Crippen molar-refractivity contribution < 1.29 is 9.53 Å². The number of likely N-dealkylation sites (tertiary alicyclic amines) is 1. The lowest BCUT2D eigenvalue weighted by Gasteiger charge is -2.35. The standard InChI is InChI=1S/C15H18N2O2/c1-15(11-16)7-9-17(10-8-15)14(18)12-3-5-13(19-2)6-4-12/h3-6H,7-10H2,1-2H3. The third-order valence-electron chi connectivity index (χ3n) is 3.76. The predicted octanol–water partition coefficient (Wildman–Crippen LogP) is 2.46. The molecule has 0 aliphatic carbocycles. The number of methoxy groups -OCH3 is 1. The van der Waals surface area contributed by atoms with E-state index in [4.69, 9.17) is 10.00 Å². The molecular formula is C15H18N2O2. The monoisotopic (exact) mass is 258 g/mol. The first-order valence-electron chi connectivity index (χ1n) is 6.42. The first-order chi connectivity index (χ1) is 9.08. The molecular weight excluding hydrogens is 240 g/mol. The Balaban J connectivity index is 2.03. The molecule has 0 bridgehead atoms. The molecule has 1 aliphatic heterocycles. The molecule has 0 atom stereocenters. The van der Waals surface area contributed by atoms with E-state index >= 15 is 0 Å². The van der Waals surface area contributed by atoms with Crippen LogP contribution in [0.2, 0.25) is 0 Å². The van der Waals surface area contributed by atoms with Crippen LogP contribution in [-0.2, 0) is 0 Å². The van der Waals surface area contributed by atoms with Gasteiger partial charge in [0.2, 0.25) is 0 Å². The Morgan fingerprint density at radius 2 is 1.89 bits per heavy atom.